The van der Waals surface area contributed by atoms with Crippen molar-refractivity contribution in [3.8, 4) is 0 Å². The van der Waals surface area contributed by atoms with Crippen LogP contribution in [-0.4, -0.2) is 33.7 Å². The topological polar surface area (TPSA) is 99.3 Å². The maximum Gasteiger partial charge on any atom is 0.251 e. The van der Waals surface area contributed by atoms with Crippen molar-refractivity contribution in [2.75, 3.05) is 14.1 Å². The summed E-state index contributed by atoms with van der Waals surface area (Å²) in [6.07, 6.45) is 0. The Morgan fingerprint density at radius 3 is 2.24 bits per heavy atom. The third-order valence-corrected chi connectivity index (χ3v) is 5.97. The SMILES string of the molecule is Cc1noc(C)c1C(C)(C)NC(=O)c1ccc(S(=N)(=O)N(C)C)cc1. The van der Waals surface area contributed by atoms with Gasteiger partial charge in [-0.25, -0.2) is 13.3 Å². The van der Waals surface area contributed by atoms with Crippen molar-refractivity contribution in [3.63, 3.8) is 0 Å². The molecule has 0 fully saturated rings. The minimum Gasteiger partial charge on any atom is -0.361 e. The van der Waals surface area contributed by atoms with Crippen LogP contribution < -0.4 is 5.32 Å². The van der Waals surface area contributed by atoms with Crippen LogP contribution in [0.5, 0.6) is 0 Å². The van der Waals surface area contributed by atoms with Gasteiger partial charge in [0, 0.05) is 25.2 Å². The van der Waals surface area contributed by atoms with Gasteiger partial charge in [-0.2, -0.15) is 0 Å². The molecule has 0 saturated heterocycles. The van der Waals surface area contributed by atoms with E-state index < -0.39 is 15.5 Å². The van der Waals surface area contributed by atoms with E-state index in [0.717, 1.165) is 11.3 Å². The predicted molar refractivity (Wildman–Crippen MR) is 95.7 cm³/mol. The maximum absolute atomic E-state index is 12.6. The fourth-order valence-electron chi connectivity index (χ4n) is 2.80. The highest BCUT2D eigenvalue weighted by Gasteiger charge is 2.30. The molecule has 25 heavy (non-hydrogen) atoms. The van der Waals surface area contributed by atoms with E-state index in [-0.39, 0.29) is 5.91 Å². The molecule has 8 heteroatoms. The summed E-state index contributed by atoms with van der Waals surface area (Å²) in [5.41, 5.74) is 1.35. The lowest BCUT2D eigenvalue weighted by molar-refractivity contribution is 0.0911. The standard InChI is InChI=1S/C17H24N4O3S/c1-11-15(12(2)24-20-11)17(3,4)19-16(22)13-7-9-14(10-8-13)25(18,23)21(5)6/h7-10,18H,1-6H3,(H,19,22). The van der Waals surface area contributed by atoms with Crippen molar-refractivity contribution in [1.82, 2.24) is 14.8 Å². The second-order valence-corrected chi connectivity index (χ2v) is 8.89. The molecule has 2 aromatic rings. The highest BCUT2D eigenvalue weighted by molar-refractivity contribution is 7.90. The van der Waals surface area contributed by atoms with Gasteiger partial charge in [-0.3, -0.25) is 4.79 Å². The van der Waals surface area contributed by atoms with Crippen molar-refractivity contribution in [1.29, 1.82) is 4.78 Å². The summed E-state index contributed by atoms with van der Waals surface area (Å²) in [5, 5.41) is 6.90. The lowest BCUT2D eigenvalue weighted by atomic mass is 9.92. The smallest absolute Gasteiger partial charge is 0.251 e. The van der Waals surface area contributed by atoms with Crippen LogP contribution in [0.4, 0.5) is 0 Å². The highest BCUT2D eigenvalue weighted by Crippen LogP contribution is 2.27. The van der Waals surface area contributed by atoms with E-state index >= 15 is 0 Å². The van der Waals surface area contributed by atoms with E-state index in [2.05, 4.69) is 10.5 Å². The number of hydrogen-bond acceptors (Lipinski definition) is 5. The largest absolute Gasteiger partial charge is 0.361 e. The van der Waals surface area contributed by atoms with Gasteiger partial charge in [0.15, 0.2) is 0 Å². The summed E-state index contributed by atoms with van der Waals surface area (Å²) in [6.45, 7) is 7.41. The molecule has 1 unspecified atom stereocenters. The molecule has 1 aromatic carbocycles. The first-order valence-electron chi connectivity index (χ1n) is 7.79. The van der Waals surface area contributed by atoms with E-state index in [1.807, 2.05) is 27.7 Å². The minimum absolute atomic E-state index is 0.266. The van der Waals surface area contributed by atoms with Gasteiger partial charge in [-0.15, -0.1) is 0 Å². The van der Waals surface area contributed by atoms with Crippen molar-refractivity contribution in [3.05, 3.63) is 46.8 Å². The average molecular weight is 364 g/mol. The fourth-order valence-corrected chi connectivity index (χ4v) is 3.72. The normalized spacial score (nSPS) is 14.4. The van der Waals surface area contributed by atoms with E-state index in [1.54, 1.807) is 38.4 Å². The van der Waals surface area contributed by atoms with Crippen LogP contribution in [0.25, 0.3) is 0 Å². The van der Waals surface area contributed by atoms with Gasteiger partial charge in [-0.1, -0.05) is 5.16 Å². The number of amides is 1. The summed E-state index contributed by atoms with van der Waals surface area (Å²) < 4.78 is 26.8. The zero-order valence-electron chi connectivity index (χ0n) is 15.3. The lowest BCUT2D eigenvalue weighted by Gasteiger charge is -2.26. The Hall–Kier alpha value is -2.19. The number of benzene rings is 1. The highest BCUT2D eigenvalue weighted by atomic mass is 32.2. The maximum atomic E-state index is 12.6. The van der Waals surface area contributed by atoms with Crippen molar-refractivity contribution in [2.45, 2.75) is 38.1 Å². The summed E-state index contributed by atoms with van der Waals surface area (Å²) >= 11 is 0. The number of aromatic nitrogens is 1. The second-order valence-electron chi connectivity index (χ2n) is 6.64. The molecule has 1 heterocycles. The average Bonchev–Trinajstić information content (AvgIpc) is 2.86. The Bertz CT molecular complexity index is 862. The molecule has 7 nitrogen and oxygen atoms in total. The molecule has 2 rings (SSSR count). The van der Waals surface area contributed by atoms with Gasteiger partial charge < -0.3 is 9.84 Å². The minimum atomic E-state index is -3.02. The zero-order chi connectivity index (χ0) is 19.0. The molecule has 0 bridgehead atoms. The molecule has 0 radical (unpaired) electrons. The Kier molecular flexibility index (Phi) is 5.06. The molecule has 0 aliphatic carbocycles. The number of aryl methyl sites for hydroxylation is 2. The molecule has 0 aliphatic heterocycles. The van der Waals surface area contributed by atoms with Crippen LogP contribution in [0.3, 0.4) is 0 Å². The summed E-state index contributed by atoms with van der Waals surface area (Å²) in [6, 6.07) is 6.25. The number of nitrogens with zero attached hydrogens (tertiary/aromatic N) is 2. The fraction of sp³-hybridized carbons (Fsp3) is 0.412. The van der Waals surface area contributed by atoms with Gasteiger partial charge in [0.05, 0.1) is 16.1 Å². The monoisotopic (exact) mass is 364 g/mol. The van der Waals surface area contributed by atoms with Crippen molar-refractivity contribution >= 4 is 15.8 Å². The molecule has 2 N–H and O–H groups in total. The van der Waals surface area contributed by atoms with Crippen molar-refractivity contribution in [2.24, 2.45) is 0 Å². The summed E-state index contributed by atoms with van der Waals surface area (Å²) in [5.74, 6) is 0.399. The summed E-state index contributed by atoms with van der Waals surface area (Å²) in [7, 11) is 0.151. The number of hydrogen-bond donors (Lipinski definition) is 2. The molecule has 136 valence electrons. The van der Waals surface area contributed by atoms with Crippen molar-refractivity contribution < 1.29 is 13.5 Å². The Morgan fingerprint density at radius 1 is 1.24 bits per heavy atom. The number of carbonyl (C=O) groups is 1. The number of rotatable bonds is 5. The van der Waals surface area contributed by atoms with Crippen LogP contribution in [0.1, 0.15) is 41.2 Å². The van der Waals surface area contributed by atoms with Gasteiger partial charge >= 0.3 is 0 Å². The first-order valence-corrected chi connectivity index (χ1v) is 9.30. The molecule has 1 atom stereocenters. The van der Waals surface area contributed by atoms with Gasteiger partial charge in [-0.05, 0) is 52.0 Å². The Labute approximate surface area is 148 Å². The molecular weight excluding hydrogens is 340 g/mol. The number of nitrogens with one attached hydrogen (secondary N) is 2. The van der Waals surface area contributed by atoms with Gasteiger partial charge in [0.1, 0.15) is 15.7 Å². The van der Waals surface area contributed by atoms with Gasteiger partial charge in [0.25, 0.3) is 5.91 Å². The second kappa shape index (κ2) is 6.61. The van der Waals surface area contributed by atoms with Crippen LogP contribution in [0.2, 0.25) is 0 Å². The first kappa shape index (κ1) is 19.1. The molecular formula is C17H24N4O3S. The lowest BCUT2D eigenvalue weighted by Crippen LogP contribution is -2.41. The third kappa shape index (κ3) is 3.74. The van der Waals surface area contributed by atoms with Crippen LogP contribution in [0, 0.1) is 18.6 Å². The van der Waals surface area contributed by atoms with E-state index in [0.29, 0.717) is 16.2 Å². The quantitative estimate of drug-likeness (QED) is 0.852. The molecule has 0 aliphatic rings. The van der Waals surface area contributed by atoms with E-state index in [9.17, 15) is 9.00 Å². The van der Waals surface area contributed by atoms with Gasteiger partial charge in [0.2, 0.25) is 0 Å². The first-order chi connectivity index (χ1) is 11.5. The van der Waals surface area contributed by atoms with Crippen LogP contribution in [-0.2, 0) is 15.5 Å². The van der Waals surface area contributed by atoms with E-state index in [4.69, 9.17) is 9.30 Å². The molecule has 1 amide bonds. The molecule has 0 spiro atoms. The predicted octanol–water partition coefficient (Wildman–Crippen LogP) is 2.84. The molecule has 1 aromatic heterocycles. The van der Waals surface area contributed by atoms with Crippen LogP contribution >= 0.6 is 0 Å². The van der Waals surface area contributed by atoms with E-state index in [1.165, 1.54) is 4.31 Å². The zero-order valence-corrected chi connectivity index (χ0v) is 16.2. The molecule has 0 saturated carbocycles. The number of carbonyl (C=O) groups excluding carboxylic acids is 1. The summed E-state index contributed by atoms with van der Waals surface area (Å²) in [4.78, 5) is 12.9. The Morgan fingerprint density at radius 2 is 1.80 bits per heavy atom. The van der Waals surface area contributed by atoms with Crippen LogP contribution in [0.15, 0.2) is 33.7 Å². The Balaban J connectivity index is 2.24. The third-order valence-electron chi connectivity index (χ3n) is 4.03.